The Morgan fingerprint density at radius 2 is 2.25 bits per heavy atom. The largest absolute Gasteiger partial charge is 0.481 e. The molecule has 0 aliphatic carbocycles. The minimum atomic E-state index is -1.12. The monoisotopic (exact) mass is 352 g/mol. The topological polar surface area (TPSA) is 86.7 Å². The quantitative estimate of drug-likeness (QED) is 0.864. The molecule has 8 heteroatoms. The van der Waals surface area contributed by atoms with E-state index in [1.54, 1.807) is 16.7 Å². The number of aliphatic carboxylic acids is 1. The first-order chi connectivity index (χ1) is 11.3. The number of nitrogens with zero attached hydrogens (tertiary/aromatic N) is 1. The van der Waals surface area contributed by atoms with Gasteiger partial charge in [-0.2, -0.15) is 0 Å². The number of anilines is 1. The normalized spacial score (nSPS) is 25.7. The summed E-state index contributed by atoms with van der Waals surface area (Å²) in [5, 5.41) is 11.3. The highest BCUT2D eigenvalue weighted by molar-refractivity contribution is 8.01. The van der Waals surface area contributed by atoms with Gasteiger partial charge in [0.1, 0.15) is 11.9 Å². The summed E-state index contributed by atoms with van der Waals surface area (Å²) in [4.78, 5) is 36.5. The molecule has 24 heavy (non-hydrogen) atoms. The molecule has 128 valence electrons. The zero-order chi connectivity index (χ0) is 17.5. The molecule has 2 atom stereocenters. The molecule has 6 nitrogen and oxygen atoms in total. The van der Waals surface area contributed by atoms with Crippen molar-refractivity contribution in [2.75, 3.05) is 11.1 Å². The third-order valence-electron chi connectivity index (χ3n) is 4.41. The van der Waals surface area contributed by atoms with Crippen LogP contribution < -0.4 is 5.32 Å². The van der Waals surface area contributed by atoms with Gasteiger partial charge in [0.15, 0.2) is 0 Å². The van der Waals surface area contributed by atoms with Crippen molar-refractivity contribution in [3.05, 3.63) is 29.6 Å². The van der Waals surface area contributed by atoms with E-state index in [0.29, 0.717) is 12.2 Å². The number of nitrogens with one attached hydrogen (secondary N) is 1. The Labute approximate surface area is 142 Å². The van der Waals surface area contributed by atoms with Crippen molar-refractivity contribution in [1.29, 1.82) is 0 Å². The van der Waals surface area contributed by atoms with Gasteiger partial charge >= 0.3 is 5.97 Å². The average Bonchev–Trinajstić information content (AvgIpc) is 2.98. The average molecular weight is 352 g/mol. The second kappa shape index (κ2) is 6.08. The van der Waals surface area contributed by atoms with Crippen molar-refractivity contribution in [2.24, 2.45) is 0 Å². The number of hydrogen-bond donors (Lipinski definition) is 2. The van der Waals surface area contributed by atoms with E-state index in [1.165, 1.54) is 12.1 Å². The van der Waals surface area contributed by atoms with Crippen molar-refractivity contribution in [1.82, 2.24) is 4.90 Å². The van der Waals surface area contributed by atoms with Crippen LogP contribution in [0.15, 0.2) is 18.2 Å². The van der Waals surface area contributed by atoms with Crippen LogP contribution in [0.5, 0.6) is 0 Å². The summed E-state index contributed by atoms with van der Waals surface area (Å²) in [6, 6.07) is 3.33. The van der Waals surface area contributed by atoms with E-state index >= 15 is 0 Å². The fraction of sp³-hybridized carbons (Fsp3) is 0.438. The van der Waals surface area contributed by atoms with Gasteiger partial charge in [-0.15, -0.1) is 11.8 Å². The molecule has 2 fully saturated rings. The number of carbonyl (C=O) groups excluding carboxylic acids is 2. The highest BCUT2D eigenvalue weighted by Crippen LogP contribution is 2.47. The Bertz CT molecular complexity index is 726. The number of hydrogen-bond acceptors (Lipinski definition) is 4. The predicted molar refractivity (Wildman–Crippen MR) is 87.1 cm³/mol. The smallest absolute Gasteiger partial charge is 0.307 e. The van der Waals surface area contributed by atoms with E-state index < -0.39 is 24.2 Å². The zero-order valence-corrected chi connectivity index (χ0v) is 13.9. The fourth-order valence-corrected chi connectivity index (χ4v) is 4.60. The number of amides is 2. The van der Waals surface area contributed by atoms with Gasteiger partial charge in [-0.05, 0) is 31.0 Å². The molecule has 0 spiro atoms. The van der Waals surface area contributed by atoms with Crippen LogP contribution in [-0.2, 0) is 20.8 Å². The number of halogens is 1. The lowest BCUT2D eigenvalue weighted by atomic mass is 10.1. The fourth-order valence-electron chi connectivity index (χ4n) is 3.17. The lowest BCUT2D eigenvalue weighted by molar-refractivity contribution is -0.136. The molecule has 2 heterocycles. The maximum absolute atomic E-state index is 13.9. The molecule has 2 N–H and O–H groups in total. The number of carboxylic acid groups (broad SMARTS) is 1. The molecule has 0 bridgehead atoms. The predicted octanol–water partition coefficient (Wildman–Crippen LogP) is 1.85. The van der Waals surface area contributed by atoms with Crippen LogP contribution in [0.2, 0.25) is 0 Å². The van der Waals surface area contributed by atoms with Crippen molar-refractivity contribution < 1.29 is 23.9 Å². The Balaban J connectivity index is 1.72. The maximum Gasteiger partial charge on any atom is 0.307 e. The SMILES string of the molecule is CC12CCC(=O)N1C(C(=O)Nc1ccc(CC(=O)O)c(F)c1)CS2. The minimum Gasteiger partial charge on any atom is -0.481 e. The third kappa shape index (κ3) is 2.98. The Morgan fingerprint density at radius 1 is 1.50 bits per heavy atom. The van der Waals surface area contributed by atoms with Crippen LogP contribution in [0.3, 0.4) is 0 Å². The maximum atomic E-state index is 13.9. The number of benzene rings is 1. The molecule has 1 aromatic carbocycles. The van der Waals surface area contributed by atoms with Crippen LogP contribution in [-0.4, -0.2) is 44.5 Å². The molecule has 1 aromatic rings. The van der Waals surface area contributed by atoms with Crippen molar-refractivity contribution in [3.8, 4) is 0 Å². The summed E-state index contributed by atoms with van der Waals surface area (Å²) < 4.78 is 13.9. The standard InChI is InChI=1S/C16H17FN2O4S/c1-16-5-4-13(20)19(16)12(8-24-16)15(23)18-10-3-2-9(6-14(21)22)11(17)7-10/h2-3,7,12H,4-6,8H2,1H3,(H,18,23)(H,21,22). The third-order valence-corrected chi connectivity index (χ3v) is 5.91. The van der Waals surface area contributed by atoms with Gasteiger partial charge in [0.25, 0.3) is 0 Å². The van der Waals surface area contributed by atoms with Crippen LogP contribution in [0.25, 0.3) is 0 Å². The molecule has 2 amide bonds. The Morgan fingerprint density at radius 3 is 2.92 bits per heavy atom. The summed E-state index contributed by atoms with van der Waals surface area (Å²) in [5.41, 5.74) is 0.302. The molecular weight excluding hydrogens is 335 g/mol. The lowest BCUT2D eigenvalue weighted by Gasteiger charge is -2.29. The molecule has 2 unspecified atom stereocenters. The molecule has 2 aliphatic rings. The van der Waals surface area contributed by atoms with E-state index in [4.69, 9.17) is 5.11 Å². The molecule has 0 aromatic heterocycles. The second-order valence-electron chi connectivity index (χ2n) is 6.13. The second-order valence-corrected chi connectivity index (χ2v) is 7.63. The van der Waals surface area contributed by atoms with Gasteiger partial charge in [0.2, 0.25) is 11.8 Å². The Hall–Kier alpha value is -2.09. The number of carbonyl (C=O) groups is 3. The molecular formula is C16H17FN2O4S. The summed E-state index contributed by atoms with van der Waals surface area (Å²) >= 11 is 1.58. The van der Waals surface area contributed by atoms with Crippen molar-refractivity contribution >= 4 is 35.2 Å². The zero-order valence-electron chi connectivity index (χ0n) is 13.0. The van der Waals surface area contributed by atoms with E-state index in [2.05, 4.69) is 5.32 Å². The van der Waals surface area contributed by atoms with E-state index in [-0.39, 0.29) is 27.9 Å². The molecule has 2 aliphatic heterocycles. The van der Waals surface area contributed by atoms with Gasteiger partial charge in [-0.25, -0.2) is 4.39 Å². The summed E-state index contributed by atoms with van der Waals surface area (Å²) in [6.07, 6.45) is 0.741. The van der Waals surface area contributed by atoms with Gasteiger partial charge < -0.3 is 15.3 Å². The van der Waals surface area contributed by atoms with Gasteiger partial charge in [-0.3, -0.25) is 14.4 Å². The molecule has 2 saturated heterocycles. The molecule has 0 saturated carbocycles. The van der Waals surface area contributed by atoms with Gasteiger partial charge in [0, 0.05) is 17.9 Å². The van der Waals surface area contributed by atoms with Crippen LogP contribution in [0.1, 0.15) is 25.3 Å². The van der Waals surface area contributed by atoms with Crippen LogP contribution in [0, 0.1) is 5.82 Å². The lowest BCUT2D eigenvalue weighted by Crippen LogP contribution is -2.48. The highest BCUT2D eigenvalue weighted by atomic mass is 32.2. The number of rotatable bonds is 4. The Kier molecular flexibility index (Phi) is 4.25. The van der Waals surface area contributed by atoms with Gasteiger partial charge in [0.05, 0.1) is 11.3 Å². The summed E-state index contributed by atoms with van der Waals surface area (Å²) in [5.74, 6) is -1.69. The van der Waals surface area contributed by atoms with E-state index in [1.807, 2.05) is 6.92 Å². The van der Waals surface area contributed by atoms with Crippen LogP contribution >= 0.6 is 11.8 Å². The number of fused-ring (bicyclic) bond motifs is 1. The van der Waals surface area contributed by atoms with Gasteiger partial charge in [-0.1, -0.05) is 6.07 Å². The van der Waals surface area contributed by atoms with E-state index in [0.717, 1.165) is 12.5 Å². The van der Waals surface area contributed by atoms with Crippen molar-refractivity contribution in [3.63, 3.8) is 0 Å². The number of thioether (sulfide) groups is 1. The first-order valence-corrected chi connectivity index (χ1v) is 8.56. The first kappa shape index (κ1) is 16.8. The summed E-state index contributed by atoms with van der Waals surface area (Å²) in [7, 11) is 0. The highest BCUT2D eigenvalue weighted by Gasteiger charge is 2.52. The molecule has 0 radical (unpaired) electrons. The van der Waals surface area contributed by atoms with Crippen LogP contribution in [0.4, 0.5) is 10.1 Å². The molecule has 3 rings (SSSR count). The minimum absolute atomic E-state index is 0.0364. The summed E-state index contributed by atoms with van der Waals surface area (Å²) in [6.45, 7) is 1.95. The first-order valence-electron chi connectivity index (χ1n) is 7.57. The van der Waals surface area contributed by atoms with Crippen molar-refractivity contribution in [2.45, 2.75) is 37.1 Å². The van der Waals surface area contributed by atoms with E-state index in [9.17, 15) is 18.8 Å². The number of carboxylic acids is 1.